The second kappa shape index (κ2) is 7.86. The van der Waals surface area contributed by atoms with Gasteiger partial charge < -0.3 is 15.8 Å². The van der Waals surface area contributed by atoms with Crippen molar-refractivity contribution in [3.05, 3.63) is 35.9 Å². The Labute approximate surface area is 115 Å². The van der Waals surface area contributed by atoms with Gasteiger partial charge in [-0.25, -0.2) is 0 Å². The van der Waals surface area contributed by atoms with E-state index in [0.717, 1.165) is 5.56 Å². The fraction of sp³-hybridized carbons (Fsp3) is 0.462. The number of carbonyl (C=O) groups excluding carboxylic acids is 1. The molecule has 1 aromatic carbocycles. The first-order valence-electron chi connectivity index (χ1n) is 6.11. The van der Waals surface area contributed by atoms with E-state index in [1.807, 2.05) is 30.3 Å². The van der Waals surface area contributed by atoms with Crippen LogP contribution in [0.1, 0.15) is 18.0 Å². The van der Waals surface area contributed by atoms with Crippen LogP contribution in [0.2, 0.25) is 0 Å². The Kier molecular flexibility index (Phi) is 6.47. The maximum atomic E-state index is 11.8. The zero-order valence-electron chi connectivity index (χ0n) is 10.8. The summed E-state index contributed by atoms with van der Waals surface area (Å²) in [5, 5.41) is 2.66. The summed E-state index contributed by atoms with van der Waals surface area (Å²) in [5.74, 6) is -0.397. The quantitative estimate of drug-likeness (QED) is 0.752. The minimum Gasteiger partial charge on any atom is -0.372 e. The summed E-state index contributed by atoms with van der Waals surface area (Å²) in [6.07, 6.45) is -4.51. The lowest BCUT2D eigenvalue weighted by molar-refractivity contribution is -0.174. The maximum absolute atomic E-state index is 11.8. The topological polar surface area (TPSA) is 64.3 Å². The average Bonchev–Trinajstić information content (AvgIpc) is 2.41. The normalized spacial score (nSPS) is 13.0. The van der Waals surface area contributed by atoms with Crippen molar-refractivity contribution in [1.82, 2.24) is 5.32 Å². The number of rotatable bonds is 7. The summed E-state index contributed by atoms with van der Waals surface area (Å²) >= 11 is 0. The molecule has 0 aliphatic rings. The predicted molar refractivity (Wildman–Crippen MR) is 67.9 cm³/mol. The summed E-state index contributed by atoms with van der Waals surface area (Å²) in [5.41, 5.74) is 6.42. The summed E-state index contributed by atoms with van der Waals surface area (Å²) in [6.45, 7) is -1.42. The molecule has 0 saturated carbocycles. The van der Waals surface area contributed by atoms with Crippen molar-refractivity contribution in [2.24, 2.45) is 5.73 Å². The monoisotopic (exact) mass is 290 g/mol. The highest BCUT2D eigenvalue weighted by atomic mass is 19.4. The van der Waals surface area contributed by atoms with E-state index < -0.39 is 18.7 Å². The molecule has 0 bridgehead atoms. The van der Waals surface area contributed by atoms with E-state index in [1.54, 1.807) is 0 Å². The van der Waals surface area contributed by atoms with Crippen LogP contribution in [-0.2, 0) is 9.53 Å². The molecule has 0 aliphatic heterocycles. The number of ether oxygens (including phenoxy) is 1. The number of nitrogens with two attached hydrogens (primary N) is 1. The van der Waals surface area contributed by atoms with E-state index in [4.69, 9.17) is 5.73 Å². The van der Waals surface area contributed by atoms with Gasteiger partial charge in [0.05, 0.1) is 12.6 Å². The SMILES string of the molecule is NCC(NC(=O)CCOCC(F)(F)F)c1ccccc1. The molecular formula is C13H17F3N2O2. The molecule has 1 aromatic rings. The van der Waals surface area contributed by atoms with Crippen LogP contribution in [-0.4, -0.2) is 31.8 Å². The second-order valence-corrected chi connectivity index (χ2v) is 4.18. The van der Waals surface area contributed by atoms with Crippen molar-refractivity contribution in [3.63, 3.8) is 0 Å². The van der Waals surface area contributed by atoms with E-state index in [1.165, 1.54) is 0 Å². The molecule has 0 radical (unpaired) electrons. The highest BCUT2D eigenvalue weighted by molar-refractivity contribution is 5.76. The largest absolute Gasteiger partial charge is 0.411 e. The van der Waals surface area contributed by atoms with Gasteiger partial charge in [0.2, 0.25) is 5.91 Å². The van der Waals surface area contributed by atoms with Gasteiger partial charge in [0.15, 0.2) is 0 Å². The van der Waals surface area contributed by atoms with E-state index in [2.05, 4.69) is 10.1 Å². The molecule has 4 nitrogen and oxygen atoms in total. The number of carbonyl (C=O) groups is 1. The Balaban J connectivity index is 2.34. The Bertz CT molecular complexity index is 410. The van der Waals surface area contributed by atoms with E-state index in [0.29, 0.717) is 0 Å². The fourth-order valence-electron chi connectivity index (χ4n) is 1.58. The molecule has 1 amide bonds. The van der Waals surface area contributed by atoms with Gasteiger partial charge in [0.1, 0.15) is 6.61 Å². The highest BCUT2D eigenvalue weighted by Gasteiger charge is 2.27. The molecule has 0 saturated heterocycles. The van der Waals surface area contributed by atoms with Crippen LogP contribution in [0.4, 0.5) is 13.2 Å². The predicted octanol–water partition coefficient (Wildman–Crippen LogP) is 1.77. The third kappa shape index (κ3) is 6.53. The van der Waals surface area contributed by atoms with Crippen LogP contribution in [0.5, 0.6) is 0 Å². The molecule has 1 atom stereocenters. The summed E-state index contributed by atoms with van der Waals surface area (Å²) < 4.78 is 39.8. The van der Waals surface area contributed by atoms with Crippen molar-refractivity contribution in [3.8, 4) is 0 Å². The Hall–Kier alpha value is -1.60. The lowest BCUT2D eigenvalue weighted by atomic mass is 10.1. The van der Waals surface area contributed by atoms with Gasteiger partial charge in [-0.3, -0.25) is 4.79 Å². The smallest absolute Gasteiger partial charge is 0.372 e. The summed E-state index contributed by atoms with van der Waals surface area (Å²) in [7, 11) is 0. The first kappa shape index (κ1) is 16.5. The molecule has 0 fully saturated rings. The van der Waals surface area contributed by atoms with Crippen molar-refractivity contribution in [2.75, 3.05) is 19.8 Å². The third-order valence-corrected chi connectivity index (χ3v) is 2.51. The van der Waals surface area contributed by atoms with Crippen LogP contribution in [0.25, 0.3) is 0 Å². The van der Waals surface area contributed by atoms with Gasteiger partial charge in [-0.2, -0.15) is 13.2 Å². The summed E-state index contributed by atoms with van der Waals surface area (Å²) in [4.78, 5) is 11.6. The third-order valence-electron chi connectivity index (χ3n) is 2.51. The van der Waals surface area contributed by atoms with E-state index in [9.17, 15) is 18.0 Å². The van der Waals surface area contributed by atoms with Gasteiger partial charge in [0, 0.05) is 13.0 Å². The molecule has 1 unspecified atom stereocenters. The maximum Gasteiger partial charge on any atom is 0.411 e. The van der Waals surface area contributed by atoms with Crippen LogP contribution in [0.15, 0.2) is 30.3 Å². The van der Waals surface area contributed by atoms with Gasteiger partial charge in [-0.1, -0.05) is 30.3 Å². The second-order valence-electron chi connectivity index (χ2n) is 4.18. The first-order valence-corrected chi connectivity index (χ1v) is 6.11. The van der Waals surface area contributed by atoms with Crippen molar-refractivity contribution in [2.45, 2.75) is 18.6 Å². The number of halogens is 3. The van der Waals surface area contributed by atoms with Crippen molar-refractivity contribution < 1.29 is 22.7 Å². The number of benzene rings is 1. The number of alkyl halides is 3. The zero-order valence-corrected chi connectivity index (χ0v) is 10.8. The standard InChI is InChI=1S/C13H17F3N2O2/c14-13(15,16)9-20-7-6-12(19)18-11(8-17)10-4-2-1-3-5-10/h1-5,11H,6-9,17H2,(H,18,19). The molecule has 112 valence electrons. The van der Waals surface area contributed by atoms with Crippen LogP contribution >= 0.6 is 0 Å². The van der Waals surface area contributed by atoms with Crippen molar-refractivity contribution >= 4 is 5.91 Å². The van der Waals surface area contributed by atoms with Crippen LogP contribution in [0, 0.1) is 0 Å². The number of amides is 1. The zero-order chi connectivity index (χ0) is 15.0. The lowest BCUT2D eigenvalue weighted by Crippen LogP contribution is -2.34. The molecule has 0 spiro atoms. The van der Waals surface area contributed by atoms with Gasteiger partial charge >= 0.3 is 6.18 Å². The molecule has 20 heavy (non-hydrogen) atoms. The summed E-state index contributed by atoms with van der Waals surface area (Å²) in [6, 6.07) is 8.75. The first-order chi connectivity index (χ1) is 9.42. The minimum atomic E-state index is -4.37. The van der Waals surface area contributed by atoms with Gasteiger partial charge in [-0.05, 0) is 5.56 Å². The van der Waals surface area contributed by atoms with E-state index in [-0.39, 0.29) is 25.6 Å². The van der Waals surface area contributed by atoms with Crippen molar-refractivity contribution in [1.29, 1.82) is 0 Å². The molecule has 7 heteroatoms. The lowest BCUT2D eigenvalue weighted by Gasteiger charge is -2.17. The molecule has 0 aromatic heterocycles. The number of hydrogen-bond acceptors (Lipinski definition) is 3. The molecule has 0 aliphatic carbocycles. The van der Waals surface area contributed by atoms with Crippen LogP contribution < -0.4 is 11.1 Å². The Morgan fingerprint density at radius 2 is 1.95 bits per heavy atom. The highest BCUT2D eigenvalue weighted by Crippen LogP contribution is 2.14. The fourth-order valence-corrected chi connectivity index (χ4v) is 1.58. The average molecular weight is 290 g/mol. The number of nitrogens with one attached hydrogen (secondary N) is 1. The molecular weight excluding hydrogens is 273 g/mol. The van der Waals surface area contributed by atoms with E-state index >= 15 is 0 Å². The molecule has 0 heterocycles. The molecule has 1 rings (SSSR count). The van der Waals surface area contributed by atoms with Crippen LogP contribution in [0.3, 0.4) is 0 Å². The minimum absolute atomic E-state index is 0.139. The van der Waals surface area contributed by atoms with Gasteiger partial charge in [-0.15, -0.1) is 0 Å². The number of hydrogen-bond donors (Lipinski definition) is 2. The Morgan fingerprint density at radius 1 is 1.30 bits per heavy atom. The van der Waals surface area contributed by atoms with Gasteiger partial charge in [0.25, 0.3) is 0 Å². The Morgan fingerprint density at radius 3 is 2.50 bits per heavy atom. The molecule has 3 N–H and O–H groups in total.